The summed E-state index contributed by atoms with van der Waals surface area (Å²) in [5, 5.41) is 33.4. The van der Waals surface area contributed by atoms with Gasteiger partial charge in [0.2, 0.25) is 5.91 Å². The largest absolute Gasteiger partial charge is 0.493 e. The Morgan fingerprint density at radius 2 is 1.83 bits per heavy atom. The molecule has 2 amide bonds. The van der Waals surface area contributed by atoms with Gasteiger partial charge in [0, 0.05) is 29.8 Å². The molecule has 2 aromatic rings. The van der Waals surface area contributed by atoms with Crippen molar-refractivity contribution in [3.8, 4) is 11.5 Å². The summed E-state index contributed by atoms with van der Waals surface area (Å²) >= 11 is 0. The lowest BCUT2D eigenvalue weighted by molar-refractivity contribution is -0.137. The fraction of sp³-hybridized carbons (Fsp3) is 0.467. The Hall–Kier alpha value is -3.61. The molecule has 0 saturated heterocycles. The number of aliphatic hydroxyl groups is 3. The molecule has 228 valence electrons. The minimum Gasteiger partial charge on any atom is -0.493 e. The normalized spacial score (nSPS) is 21.2. The van der Waals surface area contributed by atoms with Crippen LogP contribution in [0.3, 0.4) is 0 Å². The first-order valence-electron chi connectivity index (χ1n) is 13.7. The molecular formula is C30H35F3N2O7. The lowest BCUT2D eigenvalue weighted by Gasteiger charge is -2.41. The van der Waals surface area contributed by atoms with Gasteiger partial charge in [0.05, 0.1) is 37.8 Å². The van der Waals surface area contributed by atoms with Crippen molar-refractivity contribution in [2.75, 3.05) is 26.8 Å². The maximum absolute atomic E-state index is 13.8. The number of alkyl halides is 3. The van der Waals surface area contributed by atoms with Crippen molar-refractivity contribution in [2.24, 2.45) is 5.92 Å². The highest BCUT2D eigenvalue weighted by Gasteiger charge is 2.51. The number of amides is 2. The standard InChI is InChI=1S/C30H35F3N2O7/c1-16(2)8-10-35(29(40)18-4-6-19(7-5-18)30(31,32)33)22-14-21(28(39)34-9-11-36)24-20-12-17(15-37)13-23(41-3)26(20)42-27(24)25(22)38/h4-7,12-14,16,22,24-25,27,36-38H,8-11,15H2,1-3H3,(H,34,39)/t22-,24+,25+,27+/m1/s1. The zero-order valence-electron chi connectivity index (χ0n) is 23.5. The molecule has 2 aliphatic rings. The van der Waals surface area contributed by atoms with Crippen molar-refractivity contribution in [1.82, 2.24) is 10.2 Å². The molecular weight excluding hydrogens is 557 g/mol. The summed E-state index contributed by atoms with van der Waals surface area (Å²) in [5.74, 6) is -1.24. The third-order valence-corrected chi connectivity index (χ3v) is 7.52. The van der Waals surface area contributed by atoms with Gasteiger partial charge >= 0.3 is 6.18 Å². The molecule has 12 heteroatoms. The number of nitrogens with zero attached hydrogens (tertiary/aromatic N) is 1. The number of carbonyl (C=O) groups excluding carboxylic acids is 2. The first kappa shape index (κ1) is 31.3. The summed E-state index contributed by atoms with van der Waals surface area (Å²) in [6.07, 6.45) is -4.95. The van der Waals surface area contributed by atoms with Crippen LogP contribution in [0, 0.1) is 5.92 Å². The molecule has 0 aromatic heterocycles. The highest BCUT2D eigenvalue weighted by Crippen LogP contribution is 2.51. The smallest absolute Gasteiger partial charge is 0.416 e. The maximum Gasteiger partial charge on any atom is 0.416 e. The molecule has 42 heavy (non-hydrogen) atoms. The fourth-order valence-corrected chi connectivity index (χ4v) is 5.37. The second-order valence-electron chi connectivity index (χ2n) is 10.8. The number of ether oxygens (including phenoxy) is 2. The Balaban J connectivity index is 1.80. The van der Waals surface area contributed by atoms with Crippen LogP contribution in [-0.4, -0.2) is 77.1 Å². The summed E-state index contributed by atoms with van der Waals surface area (Å²) in [7, 11) is 1.42. The van der Waals surface area contributed by atoms with Gasteiger partial charge in [-0.05, 0) is 60.4 Å². The summed E-state index contributed by atoms with van der Waals surface area (Å²) in [6.45, 7) is 3.35. The van der Waals surface area contributed by atoms with Gasteiger partial charge in [-0.15, -0.1) is 0 Å². The second-order valence-corrected chi connectivity index (χ2v) is 10.8. The molecule has 0 fully saturated rings. The minimum absolute atomic E-state index is 0.00866. The number of benzene rings is 2. The molecule has 0 radical (unpaired) electrons. The summed E-state index contributed by atoms with van der Waals surface area (Å²) in [6, 6.07) is 6.00. The SMILES string of the molecule is COc1cc(CO)cc2c1O[C@@H]1[C@@H](O)[C@H](N(CCC(C)C)C(=O)c3ccc(C(F)(F)F)cc3)C=C(C(=O)NCCO)[C@H]21. The van der Waals surface area contributed by atoms with E-state index in [1.165, 1.54) is 18.1 Å². The third kappa shape index (κ3) is 6.25. The van der Waals surface area contributed by atoms with E-state index in [0.717, 1.165) is 24.3 Å². The van der Waals surface area contributed by atoms with E-state index in [1.54, 1.807) is 12.1 Å². The van der Waals surface area contributed by atoms with Crippen molar-refractivity contribution in [2.45, 2.75) is 57.2 Å². The Morgan fingerprint density at radius 3 is 2.40 bits per heavy atom. The zero-order chi connectivity index (χ0) is 30.8. The first-order valence-corrected chi connectivity index (χ1v) is 13.7. The molecule has 0 unspecified atom stereocenters. The van der Waals surface area contributed by atoms with Gasteiger partial charge < -0.3 is 35.0 Å². The van der Waals surface area contributed by atoms with Gasteiger partial charge in [-0.2, -0.15) is 13.2 Å². The molecule has 9 nitrogen and oxygen atoms in total. The van der Waals surface area contributed by atoms with Crippen LogP contribution < -0.4 is 14.8 Å². The average molecular weight is 593 g/mol. The van der Waals surface area contributed by atoms with Gasteiger partial charge in [0.1, 0.15) is 12.2 Å². The molecule has 4 atom stereocenters. The summed E-state index contributed by atoms with van der Waals surface area (Å²) in [5.41, 5.74) is 0.274. The Labute approximate surface area is 241 Å². The number of methoxy groups -OCH3 is 1. The predicted molar refractivity (Wildman–Crippen MR) is 146 cm³/mol. The number of rotatable bonds is 10. The van der Waals surface area contributed by atoms with Crippen LogP contribution in [0.1, 0.15) is 53.2 Å². The van der Waals surface area contributed by atoms with Gasteiger partial charge in [-0.3, -0.25) is 9.59 Å². The number of nitrogens with one attached hydrogen (secondary N) is 1. The van der Waals surface area contributed by atoms with Crippen LogP contribution >= 0.6 is 0 Å². The van der Waals surface area contributed by atoms with Gasteiger partial charge in [-0.25, -0.2) is 0 Å². The first-order chi connectivity index (χ1) is 19.9. The average Bonchev–Trinajstić information content (AvgIpc) is 3.35. The van der Waals surface area contributed by atoms with Crippen LogP contribution in [0.4, 0.5) is 13.2 Å². The fourth-order valence-electron chi connectivity index (χ4n) is 5.37. The molecule has 0 bridgehead atoms. The third-order valence-electron chi connectivity index (χ3n) is 7.52. The number of halogens is 3. The second kappa shape index (κ2) is 12.7. The van der Waals surface area contributed by atoms with Crippen LogP contribution in [0.25, 0.3) is 0 Å². The van der Waals surface area contributed by atoms with E-state index in [4.69, 9.17) is 9.47 Å². The Morgan fingerprint density at radius 1 is 1.14 bits per heavy atom. The van der Waals surface area contributed by atoms with Gasteiger partial charge in [0.15, 0.2) is 11.5 Å². The van der Waals surface area contributed by atoms with Crippen LogP contribution in [-0.2, 0) is 17.6 Å². The summed E-state index contributed by atoms with van der Waals surface area (Å²) in [4.78, 5) is 28.6. The van der Waals surface area contributed by atoms with Crippen molar-refractivity contribution in [1.29, 1.82) is 0 Å². The van der Waals surface area contributed by atoms with Crippen molar-refractivity contribution >= 4 is 11.8 Å². The number of hydrogen-bond donors (Lipinski definition) is 4. The topological polar surface area (TPSA) is 129 Å². The lowest BCUT2D eigenvalue weighted by Crippen LogP contribution is -2.56. The van der Waals surface area contributed by atoms with E-state index in [9.17, 15) is 38.1 Å². The van der Waals surface area contributed by atoms with Crippen LogP contribution in [0.15, 0.2) is 48.0 Å². The van der Waals surface area contributed by atoms with E-state index < -0.39 is 47.7 Å². The van der Waals surface area contributed by atoms with E-state index in [-0.39, 0.29) is 49.1 Å². The summed E-state index contributed by atoms with van der Waals surface area (Å²) < 4.78 is 51.1. The number of fused-ring (bicyclic) bond motifs is 3. The number of carbonyl (C=O) groups is 2. The lowest BCUT2D eigenvalue weighted by atomic mass is 9.77. The molecule has 1 aliphatic carbocycles. The van der Waals surface area contributed by atoms with Crippen LogP contribution in [0.2, 0.25) is 0 Å². The maximum atomic E-state index is 13.8. The number of hydrogen-bond acceptors (Lipinski definition) is 7. The Bertz CT molecular complexity index is 1330. The predicted octanol–water partition coefficient (Wildman–Crippen LogP) is 3.02. The highest BCUT2D eigenvalue weighted by molar-refractivity contribution is 5.97. The molecule has 0 spiro atoms. The monoisotopic (exact) mass is 592 g/mol. The van der Waals surface area contributed by atoms with Crippen molar-refractivity contribution in [3.05, 3.63) is 70.3 Å². The molecule has 0 saturated carbocycles. The molecule has 4 N–H and O–H groups in total. The quantitative estimate of drug-likeness (QED) is 0.334. The van der Waals surface area contributed by atoms with Crippen LogP contribution in [0.5, 0.6) is 11.5 Å². The zero-order valence-corrected chi connectivity index (χ0v) is 23.5. The van der Waals surface area contributed by atoms with E-state index in [2.05, 4.69) is 5.32 Å². The molecule has 1 heterocycles. The minimum atomic E-state index is -4.57. The molecule has 4 rings (SSSR count). The number of aliphatic hydroxyl groups excluding tert-OH is 3. The van der Waals surface area contributed by atoms with Crippen molar-refractivity contribution < 1.29 is 47.6 Å². The van der Waals surface area contributed by atoms with Crippen molar-refractivity contribution in [3.63, 3.8) is 0 Å². The Kier molecular flexibility index (Phi) is 9.49. The van der Waals surface area contributed by atoms with E-state index >= 15 is 0 Å². The van der Waals surface area contributed by atoms with Gasteiger partial charge in [0.25, 0.3) is 5.91 Å². The van der Waals surface area contributed by atoms with E-state index in [1.807, 2.05) is 13.8 Å². The highest BCUT2D eigenvalue weighted by atomic mass is 19.4. The molecule has 2 aromatic carbocycles. The van der Waals surface area contributed by atoms with E-state index in [0.29, 0.717) is 23.3 Å². The van der Waals surface area contributed by atoms with Gasteiger partial charge in [-0.1, -0.05) is 13.8 Å². The molecule has 1 aliphatic heterocycles.